The number of rotatable bonds is 3. The lowest BCUT2D eigenvalue weighted by Gasteiger charge is -2.03. The Bertz CT molecular complexity index is 870. The van der Waals surface area contributed by atoms with Crippen LogP contribution >= 0.6 is 34.7 Å². The molecule has 3 rings (SSSR count). The van der Waals surface area contributed by atoms with Crippen LogP contribution in [-0.2, 0) is 5.75 Å². The summed E-state index contributed by atoms with van der Waals surface area (Å²) in [7, 11) is 0. The molecule has 0 unspecified atom stereocenters. The summed E-state index contributed by atoms with van der Waals surface area (Å²) >= 11 is 9.19. The van der Waals surface area contributed by atoms with Gasteiger partial charge in [-0.3, -0.25) is 4.79 Å². The predicted molar refractivity (Wildman–Crippen MR) is 90.7 cm³/mol. The molecular weight excluding hydrogens is 324 g/mol. The Morgan fingerprint density at radius 3 is 2.86 bits per heavy atom. The van der Waals surface area contributed by atoms with Crippen molar-refractivity contribution >= 4 is 44.9 Å². The largest absolute Gasteiger partial charge is 0.301 e. The van der Waals surface area contributed by atoms with Gasteiger partial charge in [-0.25, -0.2) is 4.98 Å². The van der Waals surface area contributed by atoms with E-state index in [0.717, 1.165) is 25.9 Å². The molecule has 0 spiro atoms. The molecule has 0 saturated heterocycles. The monoisotopic (exact) mass is 336 g/mol. The van der Waals surface area contributed by atoms with Crippen LogP contribution in [0.15, 0.2) is 34.2 Å². The summed E-state index contributed by atoms with van der Waals surface area (Å²) in [6, 6.07) is 7.70. The average molecular weight is 337 g/mol. The smallest absolute Gasteiger partial charge is 0.260 e. The van der Waals surface area contributed by atoms with Gasteiger partial charge in [-0.15, -0.1) is 11.3 Å². The lowest BCUT2D eigenvalue weighted by molar-refractivity contribution is 0.978. The number of benzene rings is 1. The Morgan fingerprint density at radius 1 is 1.33 bits per heavy atom. The molecular formula is C15H13ClN2OS2. The second-order valence-electron chi connectivity index (χ2n) is 4.71. The van der Waals surface area contributed by atoms with Crippen molar-refractivity contribution in [2.24, 2.45) is 0 Å². The number of hydrogen-bond acceptors (Lipinski definition) is 4. The lowest BCUT2D eigenvalue weighted by Crippen LogP contribution is -2.08. The zero-order valence-electron chi connectivity index (χ0n) is 11.6. The van der Waals surface area contributed by atoms with Crippen molar-refractivity contribution in [3.05, 3.63) is 55.6 Å². The second kappa shape index (κ2) is 5.83. The molecule has 0 saturated carbocycles. The molecule has 3 nitrogen and oxygen atoms in total. The Morgan fingerprint density at radius 2 is 2.10 bits per heavy atom. The van der Waals surface area contributed by atoms with E-state index < -0.39 is 0 Å². The molecule has 0 aliphatic rings. The lowest BCUT2D eigenvalue weighted by atomic mass is 10.2. The van der Waals surface area contributed by atoms with Crippen molar-refractivity contribution in [3.8, 4) is 0 Å². The number of H-pyrrole nitrogens is 1. The van der Waals surface area contributed by atoms with E-state index in [4.69, 9.17) is 11.6 Å². The summed E-state index contributed by atoms with van der Waals surface area (Å²) in [6.45, 7) is 3.97. The Hall–Kier alpha value is -1.30. The third kappa shape index (κ3) is 2.86. The van der Waals surface area contributed by atoms with Gasteiger partial charge >= 0.3 is 0 Å². The molecule has 3 aromatic rings. The van der Waals surface area contributed by atoms with Crippen molar-refractivity contribution in [1.82, 2.24) is 9.97 Å². The van der Waals surface area contributed by atoms with Crippen LogP contribution in [0, 0.1) is 13.8 Å². The average Bonchev–Trinajstić information content (AvgIpc) is 2.73. The van der Waals surface area contributed by atoms with Crippen LogP contribution in [-0.4, -0.2) is 9.97 Å². The number of nitrogens with zero attached hydrogens (tertiary/aromatic N) is 1. The van der Waals surface area contributed by atoms with Gasteiger partial charge in [-0.1, -0.05) is 41.6 Å². The second-order valence-corrected chi connectivity index (χ2v) is 7.29. The van der Waals surface area contributed by atoms with E-state index in [1.807, 2.05) is 38.1 Å². The fourth-order valence-electron chi connectivity index (χ4n) is 2.06. The summed E-state index contributed by atoms with van der Waals surface area (Å²) in [4.78, 5) is 21.5. The molecule has 1 aromatic carbocycles. The third-order valence-corrected chi connectivity index (χ3v) is 5.73. The molecule has 0 aliphatic carbocycles. The maximum Gasteiger partial charge on any atom is 0.260 e. The van der Waals surface area contributed by atoms with Gasteiger partial charge in [-0.05, 0) is 31.0 Å². The van der Waals surface area contributed by atoms with Gasteiger partial charge < -0.3 is 4.98 Å². The number of aryl methyl sites for hydroxylation is 2. The van der Waals surface area contributed by atoms with Crippen molar-refractivity contribution in [2.45, 2.75) is 24.8 Å². The minimum absolute atomic E-state index is 0.0662. The molecule has 0 fully saturated rings. The first-order valence-electron chi connectivity index (χ1n) is 6.42. The van der Waals surface area contributed by atoms with E-state index in [-0.39, 0.29) is 5.56 Å². The molecule has 0 atom stereocenters. The molecule has 0 amide bonds. The fraction of sp³-hybridized carbons (Fsp3) is 0.200. The normalized spacial score (nSPS) is 11.2. The van der Waals surface area contributed by atoms with Crippen molar-refractivity contribution in [2.75, 3.05) is 0 Å². The molecule has 108 valence electrons. The van der Waals surface area contributed by atoms with E-state index in [9.17, 15) is 4.79 Å². The van der Waals surface area contributed by atoms with Gasteiger partial charge in [0.2, 0.25) is 0 Å². The van der Waals surface area contributed by atoms with Gasteiger partial charge in [0.1, 0.15) is 4.83 Å². The number of fused-ring (bicyclic) bond motifs is 1. The van der Waals surface area contributed by atoms with Gasteiger partial charge in [0.25, 0.3) is 5.56 Å². The van der Waals surface area contributed by atoms with Gasteiger partial charge in [-0.2, -0.15) is 0 Å². The molecule has 6 heteroatoms. The Balaban J connectivity index is 1.92. The highest BCUT2D eigenvalue weighted by molar-refractivity contribution is 7.98. The van der Waals surface area contributed by atoms with E-state index in [2.05, 4.69) is 9.97 Å². The van der Waals surface area contributed by atoms with E-state index >= 15 is 0 Å². The quantitative estimate of drug-likeness (QED) is 0.564. The van der Waals surface area contributed by atoms with Crippen LogP contribution in [0.1, 0.15) is 16.0 Å². The number of hydrogen-bond donors (Lipinski definition) is 1. The fourth-order valence-corrected chi connectivity index (χ4v) is 4.30. The van der Waals surface area contributed by atoms with Gasteiger partial charge in [0, 0.05) is 15.7 Å². The number of aromatic nitrogens is 2. The summed E-state index contributed by atoms with van der Waals surface area (Å²) < 4.78 is 0. The van der Waals surface area contributed by atoms with Gasteiger partial charge in [0.15, 0.2) is 5.16 Å². The number of nitrogens with one attached hydrogen (secondary N) is 1. The van der Waals surface area contributed by atoms with Crippen molar-refractivity contribution in [1.29, 1.82) is 0 Å². The Labute approximate surface area is 135 Å². The molecule has 1 N–H and O–H groups in total. The maximum atomic E-state index is 12.2. The first-order chi connectivity index (χ1) is 10.1. The first-order valence-corrected chi connectivity index (χ1v) is 8.60. The highest BCUT2D eigenvalue weighted by Gasteiger charge is 2.12. The highest BCUT2D eigenvalue weighted by atomic mass is 35.5. The van der Waals surface area contributed by atoms with E-state index in [1.54, 1.807) is 11.3 Å². The van der Waals surface area contributed by atoms with Crippen LogP contribution in [0.4, 0.5) is 0 Å². The minimum atomic E-state index is -0.0662. The van der Waals surface area contributed by atoms with Crippen LogP contribution in [0.5, 0.6) is 0 Å². The maximum absolute atomic E-state index is 12.2. The molecule has 0 aliphatic heterocycles. The summed E-state index contributed by atoms with van der Waals surface area (Å²) in [5.41, 5.74) is 1.99. The minimum Gasteiger partial charge on any atom is -0.301 e. The predicted octanol–water partition coefficient (Wildman–Crippen LogP) is 4.55. The molecule has 0 bridgehead atoms. The van der Waals surface area contributed by atoms with E-state index in [0.29, 0.717) is 16.3 Å². The zero-order chi connectivity index (χ0) is 15.0. The highest BCUT2D eigenvalue weighted by Crippen LogP contribution is 2.29. The number of thiophene rings is 1. The Kier molecular flexibility index (Phi) is 4.06. The van der Waals surface area contributed by atoms with Crippen LogP contribution < -0.4 is 5.56 Å². The first kappa shape index (κ1) is 14.6. The SMILES string of the molecule is Cc1sc2nc(SCc3ccccc3Cl)[nH]c(=O)c2c1C. The number of thioether (sulfide) groups is 1. The summed E-state index contributed by atoms with van der Waals surface area (Å²) in [5.74, 6) is 0.678. The molecule has 2 heterocycles. The van der Waals surface area contributed by atoms with Crippen LogP contribution in [0.2, 0.25) is 5.02 Å². The van der Waals surface area contributed by atoms with Gasteiger partial charge in [0.05, 0.1) is 5.39 Å². The molecule has 2 aromatic heterocycles. The van der Waals surface area contributed by atoms with Crippen molar-refractivity contribution in [3.63, 3.8) is 0 Å². The number of aromatic amines is 1. The van der Waals surface area contributed by atoms with Crippen LogP contribution in [0.3, 0.4) is 0 Å². The van der Waals surface area contributed by atoms with E-state index in [1.165, 1.54) is 11.8 Å². The third-order valence-electron chi connectivity index (χ3n) is 3.34. The van der Waals surface area contributed by atoms with Crippen LogP contribution in [0.25, 0.3) is 10.2 Å². The van der Waals surface area contributed by atoms with Crippen molar-refractivity contribution < 1.29 is 0 Å². The standard InChI is InChI=1S/C15H13ClN2OS2/c1-8-9(2)21-14-12(8)13(19)17-15(18-14)20-7-10-5-3-4-6-11(10)16/h3-6H,7H2,1-2H3,(H,17,18,19). The topological polar surface area (TPSA) is 45.8 Å². The zero-order valence-corrected chi connectivity index (χ0v) is 14.0. The summed E-state index contributed by atoms with van der Waals surface area (Å²) in [5, 5.41) is 2.07. The summed E-state index contributed by atoms with van der Waals surface area (Å²) in [6.07, 6.45) is 0. The number of halogens is 1. The molecule has 21 heavy (non-hydrogen) atoms. The molecule has 0 radical (unpaired) electrons.